The predicted molar refractivity (Wildman–Crippen MR) is 152 cm³/mol. The Balaban J connectivity index is 1.46. The van der Waals surface area contributed by atoms with Crippen molar-refractivity contribution in [3.05, 3.63) is 110 Å². The van der Waals surface area contributed by atoms with Crippen molar-refractivity contribution in [3.63, 3.8) is 0 Å². The minimum absolute atomic E-state index is 0.0270. The lowest BCUT2D eigenvalue weighted by Crippen LogP contribution is -2.45. The van der Waals surface area contributed by atoms with E-state index in [4.69, 9.17) is 14.2 Å². The summed E-state index contributed by atoms with van der Waals surface area (Å²) < 4.78 is 17.5. The van der Waals surface area contributed by atoms with Crippen LogP contribution in [0, 0.1) is 26.1 Å². The maximum atomic E-state index is 12.9. The van der Waals surface area contributed by atoms with Crippen LogP contribution in [-0.2, 0) is 14.2 Å². The molecular weight excluding hydrogens is 548 g/mol. The van der Waals surface area contributed by atoms with Crippen LogP contribution in [0.25, 0.3) is 0 Å². The summed E-state index contributed by atoms with van der Waals surface area (Å²) in [5.74, 6) is -1.51. The normalized spacial score (nSPS) is 18.4. The molecule has 3 aromatic carbocycles. The third-order valence-corrected chi connectivity index (χ3v) is 10.6. The molecule has 1 aliphatic heterocycles. The maximum Gasteiger partial charge on any atom is 0.338 e. The molecule has 0 radical (unpaired) electrons. The monoisotopic (exact) mass is 578 g/mol. The SMILES string of the molecule is C[Si](C)(C[C@@H]1OC[C@@H](OC(=O)c2ccc([N+](=O)[O-])cc2)[C@H]1CCOC(=O)c1ccc([N+](=O)[O-])cc1)c1ccccc1. The first kappa shape index (κ1) is 29.6. The molecule has 3 atom stereocenters. The molecule has 0 unspecified atom stereocenters. The summed E-state index contributed by atoms with van der Waals surface area (Å²) in [6.07, 6.45) is -0.494. The molecule has 41 heavy (non-hydrogen) atoms. The Kier molecular flexibility index (Phi) is 9.25. The van der Waals surface area contributed by atoms with Crippen molar-refractivity contribution < 1.29 is 33.6 Å². The molecule has 4 rings (SSSR count). The number of ether oxygens (including phenoxy) is 3. The number of hydrogen-bond acceptors (Lipinski definition) is 9. The number of benzene rings is 3. The van der Waals surface area contributed by atoms with Crippen LogP contribution in [0.2, 0.25) is 19.1 Å². The summed E-state index contributed by atoms with van der Waals surface area (Å²) in [4.78, 5) is 46.2. The highest BCUT2D eigenvalue weighted by molar-refractivity contribution is 6.89. The first-order chi connectivity index (χ1) is 19.5. The fourth-order valence-corrected chi connectivity index (χ4v) is 7.69. The lowest BCUT2D eigenvalue weighted by molar-refractivity contribution is -0.385. The molecule has 0 bridgehead atoms. The molecule has 3 aromatic rings. The number of nitro groups is 2. The van der Waals surface area contributed by atoms with Gasteiger partial charge in [-0.15, -0.1) is 0 Å². The van der Waals surface area contributed by atoms with Crippen LogP contribution in [0.15, 0.2) is 78.9 Å². The molecule has 0 N–H and O–H groups in total. The van der Waals surface area contributed by atoms with Crippen LogP contribution in [0.4, 0.5) is 11.4 Å². The average molecular weight is 579 g/mol. The molecule has 0 spiro atoms. The van der Waals surface area contributed by atoms with Gasteiger partial charge in [0.15, 0.2) is 0 Å². The summed E-state index contributed by atoms with van der Waals surface area (Å²) in [5, 5.41) is 23.1. The molecule has 12 heteroatoms. The van der Waals surface area contributed by atoms with Crippen LogP contribution in [0.1, 0.15) is 27.1 Å². The number of esters is 2. The largest absolute Gasteiger partial charge is 0.462 e. The second-order valence-corrected chi connectivity index (χ2v) is 15.2. The highest BCUT2D eigenvalue weighted by Gasteiger charge is 2.43. The lowest BCUT2D eigenvalue weighted by Gasteiger charge is -2.30. The molecule has 1 heterocycles. The molecule has 11 nitrogen and oxygen atoms in total. The Morgan fingerprint density at radius 2 is 1.39 bits per heavy atom. The fourth-order valence-electron chi connectivity index (χ4n) is 4.93. The van der Waals surface area contributed by atoms with Gasteiger partial charge >= 0.3 is 11.9 Å². The van der Waals surface area contributed by atoms with Crippen molar-refractivity contribution in [2.75, 3.05) is 13.2 Å². The number of nitro benzene ring substituents is 2. The van der Waals surface area contributed by atoms with Gasteiger partial charge in [0, 0.05) is 30.2 Å². The molecule has 0 saturated carbocycles. The highest BCUT2D eigenvalue weighted by Crippen LogP contribution is 2.33. The fraction of sp³-hybridized carbons (Fsp3) is 0.310. The molecule has 1 fully saturated rings. The Bertz CT molecular complexity index is 1400. The van der Waals surface area contributed by atoms with Gasteiger partial charge in [0.1, 0.15) is 6.10 Å². The van der Waals surface area contributed by atoms with Gasteiger partial charge in [-0.2, -0.15) is 0 Å². The Hall–Kier alpha value is -4.42. The van der Waals surface area contributed by atoms with E-state index in [0.29, 0.717) is 6.42 Å². The first-order valence-corrected chi connectivity index (χ1v) is 16.3. The van der Waals surface area contributed by atoms with Crippen molar-refractivity contribution in [1.82, 2.24) is 0 Å². The average Bonchev–Trinajstić information content (AvgIpc) is 3.33. The van der Waals surface area contributed by atoms with E-state index in [1.807, 2.05) is 18.2 Å². The molecule has 0 aromatic heterocycles. The zero-order chi connectivity index (χ0) is 29.6. The van der Waals surface area contributed by atoms with Gasteiger partial charge in [-0.25, -0.2) is 9.59 Å². The predicted octanol–water partition coefficient (Wildman–Crippen LogP) is 4.91. The smallest absolute Gasteiger partial charge is 0.338 e. The number of rotatable bonds is 11. The van der Waals surface area contributed by atoms with Crippen molar-refractivity contribution in [2.45, 2.75) is 37.8 Å². The molecular formula is C29H30N2O9Si. The van der Waals surface area contributed by atoms with Crippen LogP contribution in [0.5, 0.6) is 0 Å². The number of hydrogen-bond donors (Lipinski definition) is 0. The van der Waals surface area contributed by atoms with Gasteiger partial charge in [0.05, 0.1) is 48.4 Å². The Morgan fingerprint density at radius 3 is 1.93 bits per heavy atom. The standard InChI is InChI=1S/C29H30N2O9Si/c1-41(2,24-6-4-3-5-7-24)19-27-25(16-17-38-28(32)20-8-12-22(13-9-20)30(34)35)26(18-39-27)40-29(33)21-10-14-23(15-11-21)31(36)37/h3-15,25-27H,16-19H2,1-2H3/t25-,26-,27+/m1/s1. The molecule has 214 valence electrons. The second kappa shape index (κ2) is 12.8. The van der Waals surface area contributed by atoms with Gasteiger partial charge in [-0.05, 0) is 36.7 Å². The van der Waals surface area contributed by atoms with E-state index in [-0.39, 0.29) is 47.7 Å². The van der Waals surface area contributed by atoms with Crippen molar-refractivity contribution >= 4 is 36.6 Å². The number of non-ortho nitro benzene ring substituents is 2. The van der Waals surface area contributed by atoms with Crippen molar-refractivity contribution in [3.8, 4) is 0 Å². The van der Waals surface area contributed by atoms with Gasteiger partial charge in [0.2, 0.25) is 0 Å². The second-order valence-electron chi connectivity index (χ2n) is 10.5. The van der Waals surface area contributed by atoms with Gasteiger partial charge < -0.3 is 14.2 Å². The topological polar surface area (TPSA) is 148 Å². The summed E-state index contributed by atoms with van der Waals surface area (Å²) in [7, 11) is -1.96. The summed E-state index contributed by atoms with van der Waals surface area (Å²) >= 11 is 0. The zero-order valence-corrected chi connectivity index (χ0v) is 23.6. The molecule has 1 saturated heterocycles. The molecule has 0 amide bonds. The van der Waals surface area contributed by atoms with Gasteiger partial charge in [-0.1, -0.05) is 48.6 Å². The maximum absolute atomic E-state index is 12.9. The van der Waals surface area contributed by atoms with Crippen LogP contribution < -0.4 is 5.19 Å². The summed E-state index contributed by atoms with van der Waals surface area (Å²) in [6.45, 7) is 4.68. The minimum Gasteiger partial charge on any atom is -0.462 e. The van der Waals surface area contributed by atoms with E-state index < -0.39 is 36.0 Å². The van der Waals surface area contributed by atoms with E-state index in [1.54, 1.807) is 0 Å². The molecule has 1 aliphatic rings. The van der Waals surface area contributed by atoms with Crippen molar-refractivity contribution in [1.29, 1.82) is 0 Å². The Labute approximate surface area is 237 Å². The summed E-state index contributed by atoms with van der Waals surface area (Å²) in [5.41, 5.74) is 0.108. The molecule has 0 aliphatic carbocycles. The highest BCUT2D eigenvalue weighted by atomic mass is 28.3. The van der Waals surface area contributed by atoms with E-state index in [9.17, 15) is 29.8 Å². The van der Waals surface area contributed by atoms with Crippen molar-refractivity contribution in [2.24, 2.45) is 5.92 Å². The van der Waals surface area contributed by atoms with E-state index in [0.717, 1.165) is 6.04 Å². The third kappa shape index (κ3) is 7.41. The first-order valence-electron chi connectivity index (χ1n) is 13.1. The number of carbonyl (C=O) groups is 2. The lowest BCUT2D eigenvalue weighted by atomic mass is 9.96. The number of carbonyl (C=O) groups excluding carboxylic acids is 2. The summed E-state index contributed by atoms with van der Waals surface area (Å²) in [6, 6.07) is 21.3. The zero-order valence-electron chi connectivity index (χ0n) is 22.6. The van der Waals surface area contributed by atoms with Crippen LogP contribution in [0.3, 0.4) is 0 Å². The number of nitrogens with zero attached hydrogens (tertiary/aromatic N) is 2. The van der Waals surface area contributed by atoms with Crippen LogP contribution >= 0.6 is 0 Å². The van der Waals surface area contributed by atoms with E-state index in [1.165, 1.54) is 53.7 Å². The van der Waals surface area contributed by atoms with Gasteiger partial charge in [0.25, 0.3) is 11.4 Å². The quantitative estimate of drug-likeness (QED) is 0.134. The van der Waals surface area contributed by atoms with E-state index in [2.05, 4.69) is 25.2 Å². The third-order valence-electron chi connectivity index (χ3n) is 7.27. The van der Waals surface area contributed by atoms with Crippen LogP contribution in [-0.4, -0.2) is 55.3 Å². The Morgan fingerprint density at radius 1 is 0.854 bits per heavy atom. The minimum atomic E-state index is -1.96. The van der Waals surface area contributed by atoms with Gasteiger partial charge in [-0.3, -0.25) is 20.2 Å². The van der Waals surface area contributed by atoms with E-state index >= 15 is 0 Å².